The van der Waals surface area contributed by atoms with Gasteiger partial charge in [0.15, 0.2) is 5.78 Å². The zero-order valence-corrected chi connectivity index (χ0v) is 31.5. The molecule has 0 bridgehead atoms. The van der Waals surface area contributed by atoms with Crippen LogP contribution in [-0.2, 0) is 16.6 Å². The highest BCUT2D eigenvalue weighted by atomic mass is 35.5. The second-order valence-corrected chi connectivity index (χ2v) is 14.5. The number of carbonyl (C=O) groups is 2. The lowest BCUT2D eigenvalue weighted by Gasteiger charge is -2.37. The van der Waals surface area contributed by atoms with E-state index in [4.69, 9.17) is 27.9 Å². The van der Waals surface area contributed by atoms with Crippen molar-refractivity contribution in [2.24, 2.45) is 5.41 Å². The molecule has 1 aliphatic rings. The van der Waals surface area contributed by atoms with Crippen LogP contribution in [0.4, 0.5) is 8.78 Å². The number of Topliss-reactive ketones (excluding diaryl/α,β-unsaturated/α-hetero) is 1. The number of nitriles is 1. The maximum atomic E-state index is 16.0. The van der Waals surface area contributed by atoms with E-state index in [9.17, 15) is 14.9 Å². The number of methoxy groups -OCH3 is 1. The molecule has 12 heteroatoms. The molecule has 4 rings (SSSR count). The van der Waals surface area contributed by atoms with Crippen molar-refractivity contribution in [3.8, 4) is 11.8 Å². The van der Waals surface area contributed by atoms with Gasteiger partial charge in [0.25, 0.3) is 5.91 Å². The lowest BCUT2D eigenvalue weighted by Crippen LogP contribution is -2.44. The summed E-state index contributed by atoms with van der Waals surface area (Å²) in [4.78, 5) is 29.6. The van der Waals surface area contributed by atoms with Crippen LogP contribution in [0.3, 0.4) is 0 Å². The molecule has 0 saturated carbocycles. The lowest BCUT2D eigenvalue weighted by molar-refractivity contribution is -0.120. The van der Waals surface area contributed by atoms with Gasteiger partial charge in [-0.2, -0.15) is 5.26 Å². The largest absolute Gasteiger partial charge is 0.496 e. The predicted octanol–water partition coefficient (Wildman–Crippen LogP) is 7.91. The molecule has 7 nitrogen and oxygen atoms in total. The highest BCUT2D eigenvalue weighted by Crippen LogP contribution is 2.53. The van der Waals surface area contributed by atoms with Gasteiger partial charge in [-0.05, 0) is 60.8 Å². The SMILES string of the molecule is CCN(CC)CCNC(=O)c1ccc(CC(=O)[C@@H]2N[C@@H](CC(C)(C)C)[C@](C#N)(c3ccc(Cl)cc3F)[C@H]2c2cccc(Cl)c2F)c(OC)c1.Cl. The Morgan fingerprint density at radius 3 is 2.38 bits per heavy atom. The number of hydrogen-bond donors (Lipinski definition) is 2. The lowest BCUT2D eigenvalue weighted by atomic mass is 9.62. The second kappa shape index (κ2) is 17.3. The number of carbonyl (C=O) groups excluding carboxylic acids is 2. The average molecular weight is 750 g/mol. The van der Waals surface area contributed by atoms with Crippen molar-refractivity contribution in [3.63, 3.8) is 0 Å². The molecule has 1 heterocycles. The van der Waals surface area contributed by atoms with Crippen LogP contribution >= 0.6 is 35.6 Å². The molecule has 0 spiro atoms. The van der Waals surface area contributed by atoms with Crippen LogP contribution in [0.25, 0.3) is 0 Å². The molecule has 2 N–H and O–H groups in total. The van der Waals surface area contributed by atoms with E-state index in [0.717, 1.165) is 19.2 Å². The quantitative estimate of drug-likeness (QED) is 0.185. The molecule has 270 valence electrons. The maximum absolute atomic E-state index is 16.0. The summed E-state index contributed by atoms with van der Waals surface area (Å²) in [6.45, 7) is 13.0. The summed E-state index contributed by atoms with van der Waals surface area (Å²) in [7, 11) is 1.45. The Hall–Kier alpha value is -3.26. The van der Waals surface area contributed by atoms with E-state index in [0.29, 0.717) is 36.4 Å². The summed E-state index contributed by atoms with van der Waals surface area (Å²) in [6, 6.07) is 13.8. The van der Waals surface area contributed by atoms with Crippen LogP contribution in [0.1, 0.15) is 74.0 Å². The van der Waals surface area contributed by atoms with Gasteiger partial charge in [-0.1, -0.05) is 82.1 Å². The first-order valence-corrected chi connectivity index (χ1v) is 17.2. The zero-order chi connectivity index (χ0) is 36.1. The summed E-state index contributed by atoms with van der Waals surface area (Å²) >= 11 is 12.4. The number of likely N-dealkylation sites (N-methyl/N-ethyl adjacent to an activating group) is 1. The van der Waals surface area contributed by atoms with Gasteiger partial charge in [0.05, 0.1) is 24.2 Å². The number of nitrogens with zero attached hydrogens (tertiary/aromatic N) is 2. The van der Waals surface area contributed by atoms with Gasteiger partial charge < -0.3 is 20.3 Å². The molecular formula is C38H45Cl3F2N4O3. The van der Waals surface area contributed by atoms with Crippen LogP contribution in [0, 0.1) is 28.4 Å². The van der Waals surface area contributed by atoms with Gasteiger partial charge >= 0.3 is 0 Å². The van der Waals surface area contributed by atoms with Crippen LogP contribution in [0.5, 0.6) is 5.75 Å². The number of hydrogen-bond acceptors (Lipinski definition) is 6. The van der Waals surface area contributed by atoms with Crippen LogP contribution in [0.2, 0.25) is 10.0 Å². The van der Waals surface area contributed by atoms with Gasteiger partial charge in [-0.15, -0.1) is 12.4 Å². The zero-order valence-electron chi connectivity index (χ0n) is 29.2. The molecule has 3 aromatic carbocycles. The summed E-state index contributed by atoms with van der Waals surface area (Å²) in [5, 5.41) is 17.3. The van der Waals surface area contributed by atoms with Gasteiger partial charge in [0, 0.05) is 53.2 Å². The van der Waals surface area contributed by atoms with Crippen LogP contribution in [-0.4, -0.2) is 62.0 Å². The van der Waals surface area contributed by atoms with Gasteiger partial charge in [-0.3, -0.25) is 9.59 Å². The molecule has 4 atom stereocenters. The van der Waals surface area contributed by atoms with Crippen molar-refractivity contribution in [1.29, 1.82) is 5.26 Å². The molecule has 1 fully saturated rings. The standard InChI is InChI=1S/C38H44Cl2F2N4O3.ClH/c1-7-46(8-2)17-16-44-36(48)24-13-12-23(31(19-24)49-6)18-30(47)35-33(26-10-9-11-28(40)34(26)42)38(22-43,32(45-35)21-37(3,4)5)27-15-14-25(39)20-29(27)41;/h9-15,19-20,32-33,35,45H,7-8,16-18,21H2,1-6H3,(H,44,48);1H/t32-,33-,35-,38-;/m0./s1. The second-order valence-electron chi connectivity index (χ2n) is 13.6. The Morgan fingerprint density at radius 2 is 1.78 bits per heavy atom. The molecule has 3 aromatic rings. The monoisotopic (exact) mass is 748 g/mol. The smallest absolute Gasteiger partial charge is 0.251 e. The van der Waals surface area contributed by atoms with E-state index in [1.807, 2.05) is 20.8 Å². The number of halogens is 5. The molecule has 1 saturated heterocycles. The molecule has 50 heavy (non-hydrogen) atoms. The Balaban J connectivity index is 0.00000676. The number of rotatable bonds is 13. The molecule has 0 aromatic heterocycles. The first kappa shape index (κ1) is 41.2. The minimum absolute atomic E-state index is 0. The van der Waals surface area contributed by atoms with Crippen molar-refractivity contribution in [2.45, 2.75) is 70.9 Å². The molecule has 1 amide bonds. The van der Waals surface area contributed by atoms with Gasteiger partial charge in [0.2, 0.25) is 0 Å². The van der Waals surface area contributed by atoms with E-state index in [-0.39, 0.29) is 57.1 Å². The summed E-state index contributed by atoms with van der Waals surface area (Å²) in [5.74, 6) is -3.00. The van der Waals surface area contributed by atoms with Crippen LogP contribution < -0.4 is 15.4 Å². The Kier molecular flexibility index (Phi) is 14.2. The first-order chi connectivity index (χ1) is 23.2. The average Bonchev–Trinajstić information content (AvgIpc) is 3.37. The minimum atomic E-state index is -1.73. The van der Waals surface area contributed by atoms with Crippen molar-refractivity contribution < 1.29 is 23.1 Å². The highest BCUT2D eigenvalue weighted by molar-refractivity contribution is 6.31. The van der Waals surface area contributed by atoms with Crippen molar-refractivity contribution >= 4 is 47.3 Å². The highest BCUT2D eigenvalue weighted by Gasteiger charge is 2.60. The fourth-order valence-corrected chi connectivity index (χ4v) is 7.25. The first-order valence-electron chi connectivity index (χ1n) is 16.5. The molecule has 0 radical (unpaired) electrons. The normalized spacial score (nSPS) is 20.2. The Morgan fingerprint density at radius 1 is 1.08 bits per heavy atom. The third kappa shape index (κ3) is 8.78. The maximum Gasteiger partial charge on any atom is 0.251 e. The van der Waals surface area contributed by atoms with Gasteiger partial charge in [-0.25, -0.2) is 8.78 Å². The third-order valence-electron chi connectivity index (χ3n) is 9.32. The van der Waals surface area contributed by atoms with E-state index in [1.54, 1.807) is 24.3 Å². The van der Waals surface area contributed by atoms with E-state index in [1.165, 1.54) is 31.4 Å². The summed E-state index contributed by atoms with van der Waals surface area (Å²) < 4.78 is 37.5. The Labute approximate surface area is 310 Å². The van der Waals surface area contributed by atoms with E-state index < -0.39 is 35.1 Å². The van der Waals surface area contributed by atoms with Gasteiger partial charge in [0.1, 0.15) is 22.8 Å². The fourth-order valence-electron chi connectivity index (χ4n) is 6.91. The number of ketones is 1. The number of ether oxygens (including phenoxy) is 1. The number of amides is 1. The fraction of sp³-hybridized carbons (Fsp3) is 0.447. The topological polar surface area (TPSA) is 94.5 Å². The predicted molar refractivity (Wildman–Crippen MR) is 197 cm³/mol. The third-order valence-corrected chi connectivity index (χ3v) is 9.84. The summed E-state index contributed by atoms with van der Waals surface area (Å²) in [5.41, 5.74) is -1.20. The molecule has 0 aliphatic carbocycles. The van der Waals surface area contributed by atoms with Crippen molar-refractivity contribution in [1.82, 2.24) is 15.5 Å². The van der Waals surface area contributed by atoms with Crippen LogP contribution in [0.15, 0.2) is 54.6 Å². The minimum Gasteiger partial charge on any atom is -0.496 e. The molecule has 1 aliphatic heterocycles. The number of benzene rings is 3. The number of nitrogens with one attached hydrogen (secondary N) is 2. The van der Waals surface area contributed by atoms with E-state index >= 15 is 8.78 Å². The summed E-state index contributed by atoms with van der Waals surface area (Å²) in [6.07, 6.45) is 0.183. The Bertz CT molecular complexity index is 1720. The molecular weight excluding hydrogens is 705 g/mol. The van der Waals surface area contributed by atoms with E-state index in [2.05, 4.69) is 35.5 Å². The van der Waals surface area contributed by atoms with Crippen molar-refractivity contribution in [2.75, 3.05) is 33.3 Å². The molecule has 0 unspecified atom stereocenters. The van der Waals surface area contributed by atoms with Crippen molar-refractivity contribution in [3.05, 3.63) is 98.5 Å².